The van der Waals surface area contributed by atoms with Crippen LogP contribution in [0.3, 0.4) is 0 Å². The minimum Gasteiger partial charge on any atom is -0.368 e. The minimum atomic E-state index is -0.544. The molecule has 3 N–H and O–H groups in total. The Morgan fingerprint density at radius 1 is 1.40 bits per heavy atom. The van der Waals surface area contributed by atoms with Crippen molar-refractivity contribution in [3.63, 3.8) is 0 Å². The Balaban J connectivity index is 2.48. The maximum atomic E-state index is 11.3. The van der Waals surface area contributed by atoms with Gasteiger partial charge >= 0.3 is 0 Å². The third-order valence-electron chi connectivity index (χ3n) is 1.71. The zero-order valence-electron chi connectivity index (χ0n) is 8.00. The Morgan fingerprint density at radius 3 is 2.73 bits per heavy atom. The third-order valence-corrected chi connectivity index (χ3v) is 2.21. The first-order valence-corrected chi connectivity index (χ1v) is 5.16. The SMILES string of the molecule is NC(=O)CNC(=O)Cc1cccc(Br)c1. The van der Waals surface area contributed by atoms with Crippen LogP contribution in [0.5, 0.6) is 0 Å². The third kappa shape index (κ3) is 4.60. The highest BCUT2D eigenvalue weighted by atomic mass is 79.9. The summed E-state index contributed by atoms with van der Waals surface area (Å²) in [7, 11) is 0. The zero-order chi connectivity index (χ0) is 11.3. The second-order valence-electron chi connectivity index (χ2n) is 3.05. The molecule has 1 rings (SSSR count). The van der Waals surface area contributed by atoms with Crippen molar-refractivity contribution >= 4 is 27.7 Å². The van der Waals surface area contributed by atoms with Crippen molar-refractivity contribution in [3.05, 3.63) is 34.3 Å². The van der Waals surface area contributed by atoms with Crippen LogP contribution in [0, 0.1) is 0 Å². The van der Waals surface area contributed by atoms with Crippen LogP contribution in [0.4, 0.5) is 0 Å². The highest BCUT2D eigenvalue weighted by Gasteiger charge is 2.04. The fourth-order valence-corrected chi connectivity index (χ4v) is 1.53. The predicted molar refractivity (Wildman–Crippen MR) is 60.1 cm³/mol. The average Bonchev–Trinajstić information content (AvgIpc) is 2.15. The fraction of sp³-hybridized carbons (Fsp3) is 0.200. The molecular weight excluding hydrogens is 260 g/mol. The normalized spacial score (nSPS) is 9.67. The lowest BCUT2D eigenvalue weighted by Crippen LogP contribution is -2.34. The standard InChI is InChI=1S/C10H11BrN2O2/c11-8-3-1-2-7(4-8)5-10(15)13-6-9(12)14/h1-4H,5-6H2,(H2,12,14)(H,13,15). The molecule has 0 bridgehead atoms. The Labute approximate surface area is 96.0 Å². The summed E-state index contributed by atoms with van der Waals surface area (Å²) in [5.74, 6) is -0.760. The molecule has 1 aromatic carbocycles. The first kappa shape index (κ1) is 11.7. The van der Waals surface area contributed by atoms with Gasteiger partial charge in [0.1, 0.15) is 0 Å². The van der Waals surface area contributed by atoms with Gasteiger partial charge < -0.3 is 11.1 Å². The number of amides is 2. The lowest BCUT2D eigenvalue weighted by Gasteiger charge is -2.03. The minimum absolute atomic E-state index is 0.118. The van der Waals surface area contributed by atoms with E-state index in [4.69, 9.17) is 5.73 Å². The number of carbonyl (C=O) groups is 2. The summed E-state index contributed by atoms with van der Waals surface area (Å²) in [6, 6.07) is 7.42. The van der Waals surface area contributed by atoms with Gasteiger partial charge in [-0.2, -0.15) is 0 Å². The second kappa shape index (κ2) is 5.50. The first-order valence-electron chi connectivity index (χ1n) is 4.37. The summed E-state index contributed by atoms with van der Waals surface area (Å²) in [5.41, 5.74) is 5.78. The number of hydrogen-bond acceptors (Lipinski definition) is 2. The monoisotopic (exact) mass is 270 g/mol. The molecule has 0 fully saturated rings. The molecule has 0 atom stereocenters. The molecule has 0 spiro atoms. The van der Waals surface area contributed by atoms with Gasteiger partial charge in [-0.1, -0.05) is 28.1 Å². The molecule has 80 valence electrons. The molecule has 0 heterocycles. The van der Waals surface area contributed by atoms with Gasteiger partial charge in [0.25, 0.3) is 0 Å². The molecule has 0 aliphatic carbocycles. The summed E-state index contributed by atoms with van der Waals surface area (Å²) < 4.78 is 0.919. The smallest absolute Gasteiger partial charge is 0.236 e. The molecule has 0 aliphatic rings. The molecule has 0 aromatic heterocycles. The van der Waals surface area contributed by atoms with Crippen LogP contribution in [-0.4, -0.2) is 18.4 Å². The topological polar surface area (TPSA) is 72.2 Å². The van der Waals surface area contributed by atoms with Crippen LogP contribution in [0.1, 0.15) is 5.56 Å². The van der Waals surface area contributed by atoms with Gasteiger partial charge in [-0.05, 0) is 17.7 Å². The number of benzene rings is 1. The lowest BCUT2D eigenvalue weighted by atomic mass is 10.1. The van der Waals surface area contributed by atoms with Crippen LogP contribution < -0.4 is 11.1 Å². The van der Waals surface area contributed by atoms with Crippen LogP contribution in [0.15, 0.2) is 28.7 Å². The molecule has 2 amide bonds. The largest absolute Gasteiger partial charge is 0.368 e. The van der Waals surface area contributed by atoms with E-state index in [2.05, 4.69) is 21.2 Å². The van der Waals surface area contributed by atoms with Gasteiger partial charge in [0.15, 0.2) is 0 Å². The van der Waals surface area contributed by atoms with E-state index >= 15 is 0 Å². The lowest BCUT2D eigenvalue weighted by molar-refractivity contribution is -0.124. The zero-order valence-corrected chi connectivity index (χ0v) is 9.58. The molecule has 4 nitrogen and oxygen atoms in total. The summed E-state index contributed by atoms with van der Waals surface area (Å²) >= 11 is 3.31. The molecule has 5 heteroatoms. The van der Waals surface area contributed by atoms with Gasteiger partial charge in [0.2, 0.25) is 11.8 Å². The van der Waals surface area contributed by atoms with Crippen LogP contribution >= 0.6 is 15.9 Å². The number of nitrogens with one attached hydrogen (secondary N) is 1. The number of nitrogens with two attached hydrogens (primary N) is 1. The van der Waals surface area contributed by atoms with Crippen molar-refractivity contribution < 1.29 is 9.59 Å². The highest BCUT2D eigenvalue weighted by molar-refractivity contribution is 9.10. The Hall–Kier alpha value is -1.36. The van der Waals surface area contributed by atoms with Gasteiger partial charge in [0, 0.05) is 4.47 Å². The summed E-state index contributed by atoms with van der Waals surface area (Å²) in [4.78, 5) is 21.7. The predicted octanol–water partition coefficient (Wildman–Crippen LogP) is 0.593. The quantitative estimate of drug-likeness (QED) is 0.841. The molecular formula is C10H11BrN2O2. The van der Waals surface area contributed by atoms with Gasteiger partial charge in [0.05, 0.1) is 13.0 Å². The molecule has 0 unspecified atom stereocenters. The van der Waals surface area contributed by atoms with E-state index in [9.17, 15) is 9.59 Å². The van der Waals surface area contributed by atoms with Crippen molar-refractivity contribution in [2.45, 2.75) is 6.42 Å². The van der Waals surface area contributed by atoms with Crippen molar-refractivity contribution in [2.24, 2.45) is 5.73 Å². The Bertz CT molecular complexity index is 379. The second-order valence-corrected chi connectivity index (χ2v) is 3.97. The van der Waals surface area contributed by atoms with Crippen molar-refractivity contribution in [2.75, 3.05) is 6.54 Å². The maximum absolute atomic E-state index is 11.3. The number of primary amides is 1. The first-order chi connectivity index (χ1) is 7.08. The van der Waals surface area contributed by atoms with E-state index in [-0.39, 0.29) is 18.9 Å². The molecule has 0 saturated carbocycles. The van der Waals surface area contributed by atoms with E-state index in [1.54, 1.807) is 0 Å². The highest BCUT2D eigenvalue weighted by Crippen LogP contribution is 2.11. The molecule has 0 saturated heterocycles. The number of rotatable bonds is 4. The fourth-order valence-electron chi connectivity index (χ4n) is 1.08. The van der Waals surface area contributed by atoms with Crippen LogP contribution in [0.25, 0.3) is 0 Å². The number of hydrogen-bond donors (Lipinski definition) is 2. The van der Waals surface area contributed by atoms with E-state index in [0.29, 0.717) is 0 Å². The number of halogens is 1. The summed E-state index contributed by atoms with van der Waals surface area (Å²) in [6.07, 6.45) is 0.243. The van der Waals surface area contributed by atoms with Crippen LogP contribution in [-0.2, 0) is 16.0 Å². The summed E-state index contributed by atoms with van der Waals surface area (Å²) in [5, 5.41) is 2.42. The van der Waals surface area contributed by atoms with Crippen molar-refractivity contribution in [3.8, 4) is 0 Å². The molecule has 0 aliphatic heterocycles. The Kier molecular flexibility index (Phi) is 4.30. The van der Waals surface area contributed by atoms with Gasteiger partial charge in [-0.15, -0.1) is 0 Å². The van der Waals surface area contributed by atoms with Crippen molar-refractivity contribution in [1.82, 2.24) is 5.32 Å². The van der Waals surface area contributed by atoms with Crippen LogP contribution in [0.2, 0.25) is 0 Å². The van der Waals surface area contributed by atoms with E-state index in [0.717, 1.165) is 10.0 Å². The molecule has 0 radical (unpaired) electrons. The van der Waals surface area contributed by atoms with E-state index in [1.165, 1.54) is 0 Å². The van der Waals surface area contributed by atoms with Gasteiger partial charge in [-0.3, -0.25) is 9.59 Å². The number of carbonyl (C=O) groups excluding carboxylic acids is 2. The molecule has 1 aromatic rings. The summed E-state index contributed by atoms with van der Waals surface area (Å²) in [6.45, 7) is -0.118. The van der Waals surface area contributed by atoms with Gasteiger partial charge in [-0.25, -0.2) is 0 Å². The van der Waals surface area contributed by atoms with E-state index < -0.39 is 5.91 Å². The maximum Gasteiger partial charge on any atom is 0.236 e. The molecule has 15 heavy (non-hydrogen) atoms. The Morgan fingerprint density at radius 2 is 2.13 bits per heavy atom. The van der Waals surface area contributed by atoms with E-state index in [1.807, 2.05) is 24.3 Å². The average molecular weight is 271 g/mol. The van der Waals surface area contributed by atoms with Crippen molar-refractivity contribution in [1.29, 1.82) is 0 Å².